The van der Waals surface area contributed by atoms with E-state index in [1.165, 1.54) is 11.3 Å². The van der Waals surface area contributed by atoms with Crippen LogP contribution in [0.25, 0.3) is 0 Å². The fourth-order valence-electron chi connectivity index (χ4n) is 2.65. The molecular weight excluding hydrogens is 418 g/mol. The minimum absolute atomic E-state index is 0.0661. The molecule has 8 heteroatoms. The molecule has 0 unspecified atom stereocenters. The van der Waals surface area contributed by atoms with Gasteiger partial charge in [0, 0.05) is 5.92 Å². The number of thioether (sulfide) groups is 2. The number of hydrogen-bond donors (Lipinski definition) is 1. The van der Waals surface area contributed by atoms with Gasteiger partial charge in [0.15, 0.2) is 5.78 Å². The van der Waals surface area contributed by atoms with E-state index in [4.69, 9.17) is 0 Å². The number of carbonyl (C=O) groups is 1. The Hall–Kier alpha value is -0.800. The van der Waals surface area contributed by atoms with Crippen LogP contribution in [-0.4, -0.2) is 30.3 Å². The van der Waals surface area contributed by atoms with Gasteiger partial charge < -0.3 is 0 Å². The first-order chi connectivity index (χ1) is 12.9. The van der Waals surface area contributed by atoms with E-state index in [0.717, 1.165) is 17.1 Å². The molecule has 0 fully saturated rings. The van der Waals surface area contributed by atoms with Gasteiger partial charge >= 0.3 is 0 Å². The van der Waals surface area contributed by atoms with E-state index < -0.39 is 22.0 Å². The van der Waals surface area contributed by atoms with Crippen molar-refractivity contribution in [2.75, 3.05) is 11.5 Å². The quantitative estimate of drug-likeness (QED) is 0.505. The molecule has 0 spiro atoms. The second kappa shape index (κ2) is 10.7. The smallest absolute Gasteiger partial charge is 0.250 e. The molecule has 0 aliphatic heterocycles. The summed E-state index contributed by atoms with van der Waals surface area (Å²) < 4.78 is 28.4. The van der Waals surface area contributed by atoms with Gasteiger partial charge in [-0.25, -0.2) is 13.1 Å². The standard InChI is InChI=1S/C19H25NO3S4/c1-4-24-19(25-5-2)18(21)14(3)17(15-10-7-6-8-11-15)20-27(22,23)16-12-9-13-26-16/h6-14,17,19-20H,4-5H2,1-3H3/t14-,17-/m0/s1. The maximum Gasteiger partial charge on any atom is 0.250 e. The number of carbonyl (C=O) groups excluding carboxylic acids is 1. The molecule has 148 valence electrons. The van der Waals surface area contributed by atoms with Crippen molar-refractivity contribution in [2.45, 2.75) is 35.6 Å². The van der Waals surface area contributed by atoms with Crippen molar-refractivity contribution in [3.63, 3.8) is 0 Å². The monoisotopic (exact) mass is 443 g/mol. The Morgan fingerprint density at radius 2 is 1.70 bits per heavy atom. The molecule has 1 N–H and O–H groups in total. The number of ketones is 1. The van der Waals surface area contributed by atoms with Crippen molar-refractivity contribution in [1.82, 2.24) is 4.72 Å². The highest BCUT2D eigenvalue weighted by Gasteiger charge is 2.34. The summed E-state index contributed by atoms with van der Waals surface area (Å²) in [5, 5.41) is 1.73. The second-order valence-electron chi connectivity index (χ2n) is 5.88. The summed E-state index contributed by atoms with van der Waals surface area (Å²) in [6.45, 7) is 5.87. The third-order valence-electron chi connectivity index (χ3n) is 4.02. The molecule has 2 atom stereocenters. The van der Waals surface area contributed by atoms with Crippen LogP contribution in [0.1, 0.15) is 32.4 Å². The van der Waals surface area contributed by atoms with Crippen LogP contribution in [0.5, 0.6) is 0 Å². The number of Topliss-reactive ketones (excluding diaryl/α,β-unsaturated/α-hetero) is 1. The van der Waals surface area contributed by atoms with Crippen LogP contribution in [-0.2, 0) is 14.8 Å². The molecule has 4 nitrogen and oxygen atoms in total. The Balaban J connectivity index is 2.34. The third kappa shape index (κ3) is 6.09. The first-order valence-electron chi connectivity index (χ1n) is 8.78. The molecule has 0 bridgehead atoms. The Labute approximate surface area is 174 Å². The van der Waals surface area contributed by atoms with E-state index in [1.807, 2.05) is 51.1 Å². The predicted octanol–water partition coefficient (Wildman–Crippen LogP) is 4.81. The maximum absolute atomic E-state index is 13.1. The van der Waals surface area contributed by atoms with Crippen LogP contribution in [0.4, 0.5) is 0 Å². The zero-order chi connectivity index (χ0) is 19.9. The normalized spacial score (nSPS) is 14.2. The zero-order valence-electron chi connectivity index (χ0n) is 15.6. The van der Waals surface area contributed by atoms with Crippen LogP contribution in [0.2, 0.25) is 0 Å². The van der Waals surface area contributed by atoms with Crippen LogP contribution in [0.15, 0.2) is 52.1 Å². The van der Waals surface area contributed by atoms with Gasteiger partial charge in [0.25, 0.3) is 10.0 Å². The van der Waals surface area contributed by atoms with Crippen molar-refractivity contribution < 1.29 is 13.2 Å². The van der Waals surface area contributed by atoms with E-state index in [1.54, 1.807) is 41.0 Å². The molecule has 0 amide bonds. The highest BCUT2D eigenvalue weighted by Crippen LogP contribution is 2.33. The molecule has 0 saturated carbocycles. The SMILES string of the molecule is CCSC(SCC)C(=O)[C@@H](C)[C@H](NS(=O)(=O)c1cccs1)c1ccccc1. The first-order valence-corrected chi connectivity index (χ1v) is 13.2. The molecule has 1 aromatic carbocycles. The minimum Gasteiger partial charge on any atom is -0.297 e. The second-order valence-corrected chi connectivity index (χ2v) is 11.8. The summed E-state index contributed by atoms with van der Waals surface area (Å²) in [6, 6.07) is 12.0. The van der Waals surface area contributed by atoms with Gasteiger partial charge in [-0.15, -0.1) is 34.9 Å². The number of thiophene rings is 1. The minimum atomic E-state index is -3.69. The maximum atomic E-state index is 13.1. The number of rotatable bonds is 11. The average molecular weight is 444 g/mol. The lowest BCUT2D eigenvalue weighted by Gasteiger charge is -2.27. The van der Waals surface area contributed by atoms with Gasteiger partial charge in [0.1, 0.15) is 8.79 Å². The van der Waals surface area contributed by atoms with Crippen molar-refractivity contribution in [3.05, 3.63) is 53.4 Å². The third-order valence-corrected chi connectivity index (χ3v) is 9.41. The molecule has 27 heavy (non-hydrogen) atoms. The molecule has 0 saturated heterocycles. The van der Waals surface area contributed by atoms with Gasteiger partial charge in [0.05, 0.1) is 6.04 Å². The summed E-state index contributed by atoms with van der Waals surface area (Å²) in [5.74, 6) is 1.27. The lowest BCUT2D eigenvalue weighted by atomic mass is 9.92. The number of benzene rings is 1. The Bertz CT molecular complexity index is 801. The topological polar surface area (TPSA) is 63.2 Å². The predicted molar refractivity (Wildman–Crippen MR) is 118 cm³/mol. The van der Waals surface area contributed by atoms with Crippen LogP contribution in [0.3, 0.4) is 0 Å². The molecule has 1 heterocycles. The fourth-order valence-corrected chi connectivity index (χ4v) is 7.53. The van der Waals surface area contributed by atoms with Gasteiger partial charge in [-0.2, -0.15) is 0 Å². The van der Waals surface area contributed by atoms with E-state index in [2.05, 4.69) is 4.72 Å². The van der Waals surface area contributed by atoms with Gasteiger partial charge in [-0.05, 0) is 28.5 Å². The molecule has 2 aromatic rings. The van der Waals surface area contributed by atoms with E-state index in [0.29, 0.717) is 0 Å². The molecule has 1 aromatic heterocycles. The molecule has 0 radical (unpaired) electrons. The van der Waals surface area contributed by atoms with Gasteiger partial charge in [-0.3, -0.25) is 4.79 Å². The van der Waals surface area contributed by atoms with E-state index in [-0.39, 0.29) is 14.6 Å². The fraction of sp³-hybridized carbons (Fsp3) is 0.421. The van der Waals surface area contributed by atoms with Gasteiger partial charge in [0.2, 0.25) is 0 Å². The Morgan fingerprint density at radius 3 is 2.22 bits per heavy atom. The number of nitrogens with one attached hydrogen (secondary N) is 1. The Morgan fingerprint density at radius 1 is 1.07 bits per heavy atom. The summed E-state index contributed by atoms with van der Waals surface area (Å²) in [7, 11) is -3.69. The van der Waals surface area contributed by atoms with Crippen molar-refractivity contribution in [3.8, 4) is 0 Å². The number of sulfonamides is 1. The molecule has 2 rings (SSSR count). The van der Waals surface area contributed by atoms with E-state index in [9.17, 15) is 13.2 Å². The van der Waals surface area contributed by atoms with Crippen LogP contribution in [0, 0.1) is 5.92 Å². The highest BCUT2D eigenvalue weighted by atomic mass is 32.2. The van der Waals surface area contributed by atoms with Crippen molar-refractivity contribution in [1.29, 1.82) is 0 Å². The molecular formula is C19H25NO3S4. The molecule has 0 aliphatic rings. The zero-order valence-corrected chi connectivity index (χ0v) is 18.9. The van der Waals surface area contributed by atoms with E-state index >= 15 is 0 Å². The Kier molecular flexibility index (Phi) is 8.88. The lowest BCUT2D eigenvalue weighted by Crippen LogP contribution is -2.37. The van der Waals surface area contributed by atoms with Crippen molar-refractivity contribution in [2.24, 2.45) is 5.92 Å². The summed E-state index contributed by atoms with van der Waals surface area (Å²) in [4.78, 5) is 13.1. The lowest BCUT2D eigenvalue weighted by molar-refractivity contribution is -0.121. The molecule has 0 aliphatic carbocycles. The van der Waals surface area contributed by atoms with Crippen molar-refractivity contribution >= 4 is 50.7 Å². The summed E-state index contributed by atoms with van der Waals surface area (Å²) in [5.41, 5.74) is 0.792. The first kappa shape index (κ1) is 22.5. The largest absolute Gasteiger partial charge is 0.297 e. The highest BCUT2D eigenvalue weighted by molar-refractivity contribution is 8.18. The number of hydrogen-bond acceptors (Lipinski definition) is 6. The van der Waals surface area contributed by atoms with Crippen LogP contribution < -0.4 is 4.72 Å². The summed E-state index contributed by atoms with van der Waals surface area (Å²) >= 11 is 4.37. The average Bonchev–Trinajstić information content (AvgIpc) is 3.21. The van der Waals surface area contributed by atoms with Crippen LogP contribution >= 0.6 is 34.9 Å². The summed E-state index contributed by atoms with van der Waals surface area (Å²) in [6.07, 6.45) is 0. The van der Waals surface area contributed by atoms with Gasteiger partial charge in [-0.1, -0.05) is 57.2 Å².